The van der Waals surface area contributed by atoms with E-state index in [1.54, 1.807) is 95.3 Å². The summed E-state index contributed by atoms with van der Waals surface area (Å²) < 4.78 is 0. The zero-order valence-corrected chi connectivity index (χ0v) is 45.6. The second kappa shape index (κ2) is 33.9. The van der Waals surface area contributed by atoms with Crippen LogP contribution in [0.5, 0.6) is 0 Å². The van der Waals surface area contributed by atoms with Gasteiger partial charge >= 0.3 is 11.9 Å². The molecule has 25 nitrogen and oxygen atoms in total. The first-order valence-corrected chi connectivity index (χ1v) is 26.0. The van der Waals surface area contributed by atoms with E-state index in [2.05, 4.69) is 53.2 Å². The van der Waals surface area contributed by atoms with Crippen LogP contribution in [0.15, 0.2) is 60.7 Å². The first-order chi connectivity index (χ1) is 36.8. The van der Waals surface area contributed by atoms with Crippen molar-refractivity contribution < 1.29 is 67.7 Å². The Morgan fingerprint density at radius 1 is 0.436 bits per heavy atom. The molecule has 0 saturated heterocycles. The maximum Gasteiger partial charge on any atom is 0.326 e. The van der Waals surface area contributed by atoms with E-state index in [1.807, 2.05) is 6.92 Å². The van der Waals surface area contributed by atoms with Crippen LogP contribution >= 0.6 is 0 Å². The summed E-state index contributed by atoms with van der Waals surface area (Å²) in [6.07, 6.45) is 0.281. The third-order valence-electron chi connectivity index (χ3n) is 13.1. The van der Waals surface area contributed by atoms with Gasteiger partial charge in [0.25, 0.3) is 0 Å². The molecular formula is C53H79N11O14. The average molecular weight is 1090 g/mol. The standard InChI is InChI=1S/C53H79N11O14/c1-9-29(4)43(62-39(65)26-54)51(75)61-37(24-34-18-14-12-15-19-34)48(72)56-27-40(66)57-33(8)47(71)63-44(30(5)10-2)50(74)58-32(7)46(70)55-28-41(67)59-38(25-35-20-16-13-17-21-35)49(73)64-45(31(6)11-3)52(76)60-36(53(77)78)22-23-42(68)69/h12-21,29-33,36-38,43-45H,9-11,22-28,54H2,1-8H3,(H,55,70)(H,56,72)(H,57,66)(H,58,74)(H,59,67)(H,60,76)(H,61,75)(H,62,65)(H,63,71)(H,64,73)(H,68,69)(H,77,78)/t29-,30-,31-,32-,33-,36-,37-,38-,43-,44-,45-/m0/s1. The minimum absolute atomic E-state index is 0.0350. The topological polar surface area (TPSA) is 392 Å². The summed E-state index contributed by atoms with van der Waals surface area (Å²) in [7, 11) is 0. The van der Waals surface area contributed by atoms with Crippen LogP contribution in [0.2, 0.25) is 0 Å². The number of nitrogens with one attached hydrogen (secondary N) is 10. The van der Waals surface area contributed by atoms with Gasteiger partial charge in [0.05, 0.1) is 19.6 Å². The van der Waals surface area contributed by atoms with Gasteiger partial charge in [-0.15, -0.1) is 0 Å². The van der Waals surface area contributed by atoms with Crippen LogP contribution in [0.25, 0.3) is 0 Å². The van der Waals surface area contributed by atoms with Crippen LogP contribution in [-0.2, 0) is 70.4 Å². The Kier molecular flexibility index (Phi) is 28.8. The van der Waals surface area contributed by atoms with Crippen molar-refractivity contribution in [3.63, 3.8) is 0 Å². The molecule has 78 heavy (non-hydrogen) atoms. The SMILES string of the molecule is CC[C@H](C)[C@H](NC(=O)CN)C(=O)N[C@@H](Cc1ccccc1)C(=O)NCC(=O)N[C@@H](C)C(=O)N[C@H](C(=O)N[C@@H](C)C(=O)NCC(=O)N[C@@H](Cc1ccccc1)C(=O)N[C@H](C(=O)N[C@@H](CCC(=O)O)C(=O)O)[C@@H](C)CC)[C@@H](C)CC. The molecule has 0 saturated carbocycles. The first kappa shape index (κ1) is 66.2. The summed E-state index contributed by atoms with van der Waals surface area (Å²) in [5.41, 5.74) is 6.77. The Hall–Kier alpha value is -7.96. The second-order valence-electron chi connectivity index (χ2n) is 19.2. The number of carboxylic acid groups (broad SMARTS) is 2. The Morgan fingerprint density at radius 2 is 0.833 bits per heavy atom. The lowest BCUT2D eigenvalue weighted by Gasteiger charge is -2.28. The van der Waals surface area contributed by atoms with Crippen molar-refractivity contribution in [2.24, 2.45) is 23.5 Å². The van der Waals surface area contributed by atoms with E-state index in [0.717, 1.165) is 0 Å². The molecule has 0 radical (unpaired) electrons. The molecule has 11 atom stereocenters. The highest BCUT2D eigenvalue weighted by molar-refractivity contribution is 5.98. The summed E-state index contributed by atoms with van der Waals surface area (Å²) in [6.45, 7) is 11.5. The zero-order valence-electron chi connectivity index (χ0n) is 45.6. The predicted molar refractivity (Wildman–Crippen MR) is 285 cm³/mol. The fourth-order valence-electron chi connectivity index (χ4n) is 7.62. The van der Waals surface area contributed by atoms with Gasteiger partial charge in [0, 0.05) is 19.3 Å². The summed E-state index contributed by atoms with van der Waals surface area (Å²) in [4.78, 5) is 156. The maximum absolute atomic E-state index is 13.8. The number of carboxylic acids is 2. The molecule has 14 N–H and O–H groups in total. The van der Waals surface area contributed by atoms with Gasteiger partial charge in [-0.1, -0.05) is 121 Å². The minimum atomic E-state index is -1.56. The molecule has 10 amide bonds. The van der Waals surface area contributed by atoms with Crippen LogP contribution in [0, 0.1) is 17.8 Å². The van der Waals surface area contributed by atoms with Crippen molar-refractivity contribution in [2.75, 3.05) is 19.6 Å². The van der Waals surface area contributed by atoms with Gasteiger partial charge in [-0.25, -0.2) is 4.79 Å². The van der Waals surface area contributed by atoms with Crippen molar-refractivity contribution in [3.05, 3.63) is 71.8 Å². The lowest BCUT2D eigenvalue weighted by molar-refractivity contribution is -0.144. The van der Waals surface area contributed by atoms with Crippen molar-refractivity contribution in [1.82, 2.24) is 53.2 Å². The Balaban J connectivity index is 2.10. The zero-order chi connectivity index (χ0) is 58.6. The molecule has 0 spiro atoms. The predicted octanol–water partition coefficient (Wildman–Crippen LogP) is -1.33. The number of benzene rings is 2. The van der Waals surface area contributed by atoms with Crippen molar-refractivity contribution >= 4 is 71.0 Å². The van der Waals surface area contributed by atoms with Gasteiger partial charge in [-0.2, -0.15) is 0 Å². The van der Waals surface area contributed by atoms with Crippen LogP contribution in [0.1, 0.15) is 98.6 Å². The van der Waals surface area contributed by atoms with Gasteiger partial charge in [-0.3, -0.25) is 52.7 Å². The third-order valence-corrected chi connectivity index (χ3v) is 13.1. The number of carbonyl (C=O) groups is 12. The number of amides is 10. The van der Waals surface area contributed by atoms with Gasteiger partial charge in [0.2, 0.25) is 59.1 Å². The highest BCUT2D eigenvalue weighted by atomic mass is 16.4. The molecule has 0 aliphatic carbocycles. The van der Waals surface area contributed by atoms with Crippen molar-refractivity contribution in [2.45, 2.75) is 149 Å². The summed E-state index contributed by atoms with van der Waals surface area (Å²) in [5, 5.41) is 43.9. The highest BCUT2D eigenvalue weighted by Crippen LogP contribution is 2.14. The van der Waals surface area contributed by atoms with Gasteiger partial charge < -0.3 is 69.1 Å². The lowest BCUT2D eigenvalue weighted by atomic mass is 9.96. The van der Waals surface area contributed by atoms with Gasteiger partial charge in [0.15, 0.2) is 0 Å². The van der Waals surface area contributed by atoms with Crippen LogP contribution in [0.3, 0.4) is 0 Å². The summed E-state index contributed by atoms with van der Waals surface area (Å²) >= 11 is 0. The van der Waals surface area contributed by atoms with E-state index in [0.29, 0.717) is 30.4 Å². The second-order valence-corrected chi connectivity index (χ2v) is 19.2. The van der Waals surface area contributed by atoms with Crippen LogP contribution in [0.4, 0.5) is 0 Å². The molecule has 430 valence electrons. The highest BCUT2D eigenvalue weighted by Gasteiger charge is 2.35. The molecule has 2 rings (SSSR count). The summed E-state index contributed by atoms with van der Waals surface area (Å²) in [5.74, 6) is -11.7. The Bertz CT molecular complexity index is 2380. The smallest absolute Gasteiger partial charge is 0.326 e. The lowest BCUT2D eigenvalue weighted by Crippen LogP contribution is -2.59. The molecule has 0 heterocycles. The van der Waals surface area contributed by atoms with E-state index in [9.17, 15) is 62.6 Å². The summed E-state index contributed by atoms with van der Waals surface area (Å²) in [6, 6.07) is 7.26. The molecule has 2 aromatic carbocycles. The monoisotopic (exact) mass is 1090 g/mol. The fraction of sp³-hybridized carbons (Fsp3) is 0.547. The molecule has 0 unspecified atom stereocenters. The molecular weight excluding hydrogens is 1010 g/mol. The van der Waals surface area contributed by atoms with E-state index >= 15 is 0 Å². The van der Waals surface area contributed by atoms with E-state index in [1.165, 1.54) is 13.8 Å². The quantitative estimate of drug-likeness (QED) is 0.0386. The molecule has 2 aromatic rings. The molecule has 0 aliphatic heterocycles. The Labute approximate surface area is 454 Å². The van der Waals surface area contributed by atoms with Crippen molar-refractivity contribution in [1.29, 1.82) is 0 Å². The average Bonchev–Trinajstić information content (AvgIpc) is 3.41. The Morgan fingerprint density at radius 3 is 1.28 bits per heavy atom. The van der Waals surface area contributed by atoms with Gasteiger partial charge in [0.1, 0.15) is 48.3 Å². The van der Waals surface area contributed by atoms with E-state index in [-0.39, 0.29) is 25.3 Å². The number of rotatable bonds is 34. The van der Waals surface area contributed by atoms with Crippen molar-refractivity contribution in [3.8, 4) is 0 Å². The molecule has 0 bridgehead atoms. The van der Waals surface area contributed by atoms with E-state index in [4.69, 9.17) is 10.8 Å². The third kappa shape index (κ3) is 23.1. The molecule has 0 fully saturated rings. The maximum atomic E-state index is 13.8. The largest absolute Gasteiger partial charge is 0.481 e. The number of nitrogens with two attached hydrogens (primary N) is 1. The number of hydrogen-bond donors (Lipinski definition) is 13. The number of aliphatic carboxylic acids is 2. The first-order valence-electron chi connectivity index (χ1n) is 26.0. The number of carbonyl (C=O) groups excluding carboxylic acids is 10. The molecule has 0 aromatic heterocycles. The fourth-order valence-corrected chi connectivity index (χ4v) is 7.62. The van der Waals surface area contributed by atoms with Gasteiger partial charge in [-0.05, 0) is 49.1 Å². The normalized spacial score (nSPS) is 15.1. The minimum Gasteiger partial charge on any atom is -0.481 e. The number of hydrogen-bond acceptors (Lipinski definition) is 13. The van der Waals surface area contributed by atoms with E-state index < -0.39 is 157 Å². The molecule has 0 aliphatic rings. The molecule has 25 heteroatoms. The van der Waals surface area contributed by atoms with Crippen LogP contribution in [-0.4, -0.2) is 149 Å². The van der Waals surface area contributed by atoms with Crippen LogP contribution < -0.4 is 58.9 Å².